The summed E-state index contributed by atoms with van der Waals surface area (Å²) in [6, 6.07) is 3.26. The molecular formula is C11H15NO2. The summed E-state index contributed by atoms with van der Waals surface area (Å²) >= 11 is 0. The standard InChI is InChI=1S/C11H15NO2/c1-9(2)5-6-14-8-10-3-4-11(13)12-7-10/h3-5,7H,6,8H2,1-2H3,(H,12,13). The summed E-state index contributed by atoms with van der Waals surface area (Å²) in [6.07, 6.45) is 3.69. The molecule has 0 aliphatic heterocycles. The van der Waals surface area contributed by atoms with Crippen LogP contribution in [0.25, 0.3) is 0 Å². The van der Waals surface area contributed by atoms with Crippen LogP contribution in [0.4, 0.5) is 0 Å². The van der Waals surface area contributed by atoms with E-state index in [1.54, 1.807) is 12.3 Å². The molecule has 0 atom stereocenters. The first-order valence-electron chi connectivity index (χ1n) is 4.57. The largest absolute Gasteiger partial charge is 0.373 e. The molecule has 76 valence electrons. The zero-order chi connectivity index (χ0) is 10.4. The van der Waals surface area contributed by atoms with Gasteiger partial charge in [-0.05, 0) is 25.5 Å². The number of H-pyrrole nitrogens is 1. The van der Waals surface area contributed by atoms with Gasteiger partial charge in [0, 0.05) is 12.3 Å². The SMILES string of the molecule is CC(C)=CCOCc1ccc(=O)[nH]c1. The molecule has 14 heavy (non-hydrogen) atoms. The number of rotatable bonds is 4. The van der Waals surface area contributed by atoms with Crippen molar-refractivity contribution in [1.82, 2.24) is 4.98 Å². The molecule has 0 aromatic carbocycles. The van der Waals surface area contributed by atoms with Crippen LogP contribution in [0.15, 0.2) is 34.8 Å². The fourth-order valence-electron chi connectivity index (χ4n) is 0.935. The molecule has 0 saturated carbocycles. The van der Waals surface area contributed by atoms with Crippen molar-refractivity contribution in [2.45, 2.75) is 20.5 Å². The molecule has 1 aromatic heterocycles. The van der Waals surface area contributed by atoms with E-state index in [4.69, 9.17) is 4.74 Å². The Bertz CT molecular complexity index is 341. The van der Waals surface area contributed by atoms with Crippen LogP contribution in [0.5, 0.6) is 0 Å². The van der Waals surface area contributed by atoms with E-state index in [-0.39, 0.29) is 5.56 Å². The molecule has 3 heteroatoms. The van der Waals surface area contributed by atoms with Crippen LogP contribution in [-0.4, -0.2) is 11.6 Å². The normalized spacial score (nSPS) is 9.86. The van der Waals surface area contributed by atoms with Crippen LogP contribution in [0, 0.1) is 0 Å². The Balaban J connectivity index is 2.35. The average molecular weight is 193 g/mol. The first-order valence-corrected chi connectivity index (χ1v) is 4.57. The molecule has 1 N–H and O–H groups in total. The Morgan fingerprint density at radius 2 is 2.29 bits per heavy atom. The maximum Gasteiger partial charge on any atom is 0.247 e. The van der Waals surface area contributed by atoms with E-state index < -0.39 is 0 Å². The molecular weight excluding hydrogens is 178 g/mol. The highest BCUT2D eigenvalue weighted by molar-refractivity contribution is 5.07. The van der Waals surface area contributed by atoms with E-state index in [9.17, 15) is 4.79 Å². The molecule has 0 unspecified atom stereocenters. The van der Waals surface area contributed by atoms with Gasteiger partial charge in [0.05, 0.1) is 13.2 Å². The lowest BCUT2D eigenvalue weighted by atomic mass is 10.3. The molecule has 0 saturated heterocycles. The number of nitrogens with one attached hydrogen (secondary N) is 1. The van der Waals surface area contributed by atoms with Gasteiger partial charge in [-0.3, -0.25) is 4.79 Å². The monoisotopic (exact) mass is 193 g/mol. The molecule has 0 aliphatic rings. The van der Waals surface area contributed by atoms with Gasteiger partial charge >= 0.3 is 0 Å². The van der Waals surface area contributed by atoms with Crippen molar-refractivity contribution in [1.29, 1.82) is 0 Å². The molecule has 0 radical (unpaired) electrons. The molecule has 0 amide bonds. The quantitative estimate of drug-likeness (QED) is 0.585. The molecule has 0 fully saturated rings. The predicted molar refractivity (Wildman–Crippen MR) is 56.1 cm³/mol. The number of ether oxygens (including phenoxy) is 1. The van der Waals surface area contributed by atoms with Crippen molar-refractivity contribution in [3.63, 3.8) is 0 Å². The summed E-state index contributed by atoms with van der Waals surface area (Å²) in [5, 5.41) is 0. The minimum absolute atomic E-state index is 0.0851. The first kappa shape index (κ1) is 10.7. The second-order valence-electron chi connectivity index (χ2n) is 3.36. The molecule has 1 heterocycles. The summed E-state index contributed by atoms with van der Waals surface area (Å²) in [6.45, 7) is 5.20. The molecule has 3 nitrogen and oxygen atoms in total. The zero-order valence-corrected chi connectivity index (χ0v) is 8.54. The van der Waals surface area contributed by atoms with Crippen LogP contribution in [0.2, 0.25) is 0 Å². The number of pyridine rings is 1. The maximum atomic E-state index is 10.7. The van der Waals surface area contributed by atoms with Gasteiger partial charge in [-0.25, -0.2) is 0 Å². The van der Waals surface area contributed by atoms with E-state index in [1.165, 1.54) is 11.6 Å². The van der Waals surface area contributed by atoms with E-state index in [0.717, 1.165) is 5.56 Å². The highest BCUT2D eigenvalue weighted by Crippen LogP contribution is 1.97. The third-order valence-corrected chi connectivity index (χ3v) is 1.73. The number of aromatic amines is 1. The summed E-state index contributed by atoms with van der Waals surface area (Å²) in [7, 11) is 0. The van der Waals surface area contributed by atoms with Crippen LogP contribution in [-0.2, 0) is 11.3 Å². The highest BCUT2D eigenvalue weighted by atomic mass is 16.5. The van der Waals surface area contributed by atoms with Gasteiger partial charge in [-0.15, -0.1) is 0 Å². The van der Waals surface area contributed by atoms with Gasteiger partial charge in [-0.2, -0.15) is 0 Å². The lowest BCUT2D eigenvalue weighted by molar-refractivity contribution is 0.148. The number of hydrogen-bond acceptors (Lipinski definition) is 2. The van der Waals surface area contributed by atoms with Crippen LogP contribution >= 0.6 is 0 Å². The van der Waals surface area contributed by atoms with Gasteiger partial charge < -0.3 is 9.72 Å². The van der Waals surface area contributed by atoms with Gasteiger partial charge in [0.25, 0.3) is 0 Å². The summed E-state index contributed by atoms with van der Waals surface area (Å²) in [4.78, 5) is 13.3. The van der Waals surface area contributed by atoms with Gasteiger partial charge in [0.1, 0.15) is 0 Å². The third kappa shape index (κ3) is 4.05. The molecule has 0 aliphatic carbocycles. The Morgan fingerprint density at radius 3 is 2.86 bits per heavy atom. The minimum atomic E-state index is -0.0851. The average Bonchev–Trinajstić information content (AvgIpc) is 2.15. The fourth-order valence-corrected chi connectivity index (χ4v) is 0.935. The maximum absolute atomic E-state index is 10.7. The Kier molecular flexibility index (Phi) is 4.13. The predicted octanol–water partition coefficient (Wildman–Crippen LogP) is 1.86. The van der Waals surface area contributed by atoms with Gasteiger partial charge in [0.15, 0.2) is 0 Å². The van der Waals surface area contributed by atoms with Crippen molar-refractivity contribution in [2.75, 3.05) is 6.61 Å². The fraction of sp³-hybridized carbons (Fsp3) is 0.364. The molecule has 1 rings (SSSR count). The first-order chi connectivity index (χ1) is 6.68. The van der Waals surface area contributed by atoms with E-state index in [2.05, 4.69) is 4.98 Å². The second-order valence-corrected chi connectivity index (χ2v) is 3.36. The van der Waals surface area contributed by atoms with Crippen LogP contribution < -0.4 is 5.56 Å². The van der Waals surface area contributed by atoms with Gasteiger partial charge in [-0.1, -0.05) is 11.6 Å². The van der Waals surface area contributed by atoms with Crippen molar-refractivity contribution >= 4 is 0 Å². The van der Waals surface area contributed by atoms with E-state index >= 15 is 0 Å². The molecule has 0 spiro atoms. The smallest absolute Gasteiger partial charge is 0.247 e. The Hall–Kier alpha value is -1.35. The lowest BCUT2D eigenvalue weighted by Crippen LogP contribution is -2.03. The minimum Gasteiger partial charge on any atom is -0.373 e. The summed E-state index contributed by atoms with van der Waals surface area (Å²) in [5.41, 5.74) is 2.14. The highest BCUT2D eigenvalue weighted by Gasteiger charge is 1.91. The Labute approximate surface area is 83.4 Å². The molecule has 0 bridgehead atoms. The topological polar surface area (TPSA) is 42.1 Å². The zero-order valence-electron chi connectivity index (χ0n) is 8.54. The van der Waals surface area contributed by atoms with E-state index in [0.29, 0.717) is 13.2 Å². The summed E-state index contributed by atoms with van der Waals surface area (Å²) in [5.74, 6) is 0. The van der Waals surface area contributed by atoms with Crippen LogP contribution in [0.1, 0.15) is 19.4 Å². The Morgan fingerprint density at radius 1 is 1.50 bits per heavy atom. The lowest BCUT2D eigenvalue weighted by Gasteiger charge is -2.00. The number of hydrogen-bond donors (Lipinski definition) is 1. The number of aromatic nitrogens is 1. The second kappa shape index (κ2) is 5.40. The third-order valence-electron chi connectivity index (χ3n) is 1.73. The number of allylic oxidation sites excluding steroid dienone is 1. The van der Waals surface area contributed by atoms with Crippen LogP contribution in [0.3, 0.4) is 0 Å². The summed E-state index contributed by atoms with van der Waals surface area (Å²) < 4.78 is 5.37. The molecule has 1 aromatic rings. The van der Waals surface area contributed by atoms with Crippen molar-refractivity contribution in [3.8, 4) is 0 Å². The van der Waals surface area contributed by atoms with Crippen molar-refractivity contribution in [2.24, 2.45) is 0 Å². The van der Waals surface area contributed by atoms with Gasteiger partial charge in [0.2, 0.25) is 5.56 Å². The van der Waals surface area contributed by atoms with Crippen molar-refractivity contribution in [3.05, 3.63) is 45.9 Å². The van der Waals surface area contributed by atoms with Crippen molar-refractivity contribution < 1.29 is 4.74 Å². The van der Waals surface area contributed by atoms with E-state index in [1.807, 2.05) is 19.9 Å².